The second-order valence-electron chi connectivity index (χ2n) is 6.91. The van der Waals surface area contributed by atoms with Gasteiger partial charge >= 0.3 is 0 Å². The number of hydrogen-bond acceptors (Lipinski definition) is 3. The molecule has 3 rings (SSSR count). The average Bonchev–Trinajstić information content (AvgIpc) is 2.70. The average molecular weight is 414 g/mol. The van der Waals surface area contributed by atoms with Crippen molar-refractivity contribution in [2.24, 2.45) is 0 Å². The number of ether oxygens (including phenoxy) is 2. The lowest BCUT2D eigenvalue weighted by atomic mass is 10.1. The summed E-state index contributed by atoms with van der Waals surface area (Å²) in [7, 11) is 0. The quantitative estimate of drug-likeness (QED) is 0.446. The van der Waals surface area contributed by atoms with Crippen LogP contribution in [0.15, 0.2) is 54.6 Å². The lowest BCUT2D eigenvalue weighted by Gasteiger charge is -2.16. The van der Waals surface area contributed by atoms with Gasteiger partial charge in [-0.15, -0.1) is 0 Å². The molecule has 152 valence electrons. The Bertz CT molecular complexity index is 973. The summed E-state index contributed by atoms with van der Waals surface area (Å²) in [5.74, 6) is 0.814. The summed E-state index contributed by atoms with van der Waals surface area (Å²) in [6.07, 6.45) is 0. The van der Waals surface area contributed by atoms with Crippen LogP contribution >= 0.6 is 11.6 Å². The van der Waals surface area contributed by atoms with Crippen molar-refractivity contribution in [3.05, 3.63) is 87.7 Å². The second kappa shape index (κ2) is 9.66. The molecule has 1 N–H and O–H groups in total. The van der Waals surface area contributed by atoms with E-state index in [9.17, 15) is 4.39 Å². The van der Waals surface area contributed by atoms with E-state index in [1.165, 1.54) is 23.3 Å². The van der Waals surface area contributed by atoms with Crippen molar-refractivity contribution in [2.45, 2.75) is 33.9 Å². The van der Waals surface area contributed by atoms with Gasteiger partial charge in [0, 0.05) is 12.2 Å². The van der Waals surface area contributed by atoms with E-state index in [-0.39, 0.29) is 12.4 Å². The highest BCUT2D eigenvalue weighted by Gasteiger charge is 2.13. The molecule has 0 radical (unpaired) electrons. The third kappa shape index (κ3) is 5.64. The van der Waals surface area contributed by atoms with E-state index in [1.807, 2.05) is 19.1 Å². The van der Waals surface area contributed by atoms with Crippen molar-refractivity contribution in [1.29, 1.82) is 0 Å². The monoisotopic (exact) mass is 413 g/mol. The zero-order chi connectivity index (χ0) is 20.8. The molecule has 0 aliphatic carbocycles. The van der Waals surface area contributed by atoms with E-state index >= 15 is 0 Å². The molecule has 0 spiro atoms. The van der Waals surface area contributed by atoms with E-state index < -0.39 is 0 Å². The predicted molar refractivity (Wildman–Crippen MR) is 117 cm³/mol. The maximum atomic E-state index is 13.1. The van der Waals surface area contributed by atoms with Gasteiger partial charge in [-0.1, -0.05) is 29.8 Å². The van der Waals surface area contributed by atoms with Crippen LogP contribution in [0.3, 0.4) is 0 Å². The maximum absolute atomic E-state index is 13.1. The molecule has 0 aromatic heterocycles. The van der Waals surface area contributed by atoms with E-state index in [1.54, 1.807) is 12.1 Å². The van der Waals surface area contributed by atoms with E-state index in [2.05, 4.69) is 37.4 Å². The highest BCUT2D eigenvalue weighted by atomic mass is 35.5. The fourth-order valence-electron chi connectivity index (χ4n) is 2.92. The first-order chi connectivity index (χ1) is 14.0. The van der Waals surface area contributed by atoms with Crippen LogP contribution in [0.1, 0.15) is 29.2 Å². The Balaban J connectivity index is 1.74. The Morgan fingerprint density at radius 2 is 1.66 bits per heavy atom. The summed E-state index contributed by atoms with van der Waals surface area (Å²) in [6.45, 7) is 7.49. The Morgan fingerprint density at radius 3 is 2.34 bits per heavy atom. The smallest absolute Gasteiger partial charge is 0.180 e. The van der Waals surface area contributed by atoms with Crippen LogP contribution in [0, 0.1) is 19.7 Å². The molecule has 0 heterocycles. The SMILES string of the molecule is CCOc1cc(CNc2ccc(C)c(C)c2)cc(Cl)c1OCc1ccc(F)cc1. The first-order valence-electron chi connectivity index (χ1n) is 9.60. The van der Waals surface area contributed by atoms with Crippen LogP contribution in [0.25, 0.3) is 0 Å². The van der Waals surface area contributed by atoms with Gasteiger partial charge in [0.15, 0.2) is 11.5 Å². The number of anilines is 1. The molecule has 3 aromatic rings. The number of nitrogens with one attached hydrogen (secondary N) is 1. The number of halogens is 2. The summed E-state index contributed by atoms with van der Waals surface area (Å²) in [5, 5.41) is 3.90. The van der Waals surface area contributed by atoms with Crippen LogP contribution in [0.4, 0.5) is 10.1 Å². The molecule has 0 saturated heterocycles. The van der Waals surface area contributed by atoms with Crippen LogP contribution in [-0.4, -0.2) is 6.61 Å². The van der Waals surface area contributed by atoms with Gasteiger partial charge in [-0.3, -0.25) is 0 Å². The van der Waals surface area contributed by atoms with Gasteiger partial charge in [-0.2, -0.15) is 0 Å². The molecular formula is C24H25ClFNO2. The molecule has 0 unspecified atom stereocenters. The highest BCUT2D eigenvalue weighted by molar-refractivity contribution is 6.32. The van der Waals surface area contributed by atoms with Gasteiger partial charge in [0.1, 0.15) is 12.4 Å². The first kappa shape index (κ1) is 21.0. The van der Waals surface area contributed by atoms with Gasteiger partial charge < -0.3 is 14.8 Å². The number of aryl methyl sites for hydroxylation is 2. The predicted octanol–water partition coefficient (Wildman–Crippen LogP) is 6.69. The fourth-order valence-corrected chi connectivity index (χ4v) is 3.21. The molecule has 0 aliphatic rings. The third-order valence-corrected chi connectivity index (χ3v) is 4.95. The number of benzene rings is 3. The summed E-state index contributed by atoms with van der Waals surface area (Å²) in [5.41, 5.74) is 5.41. The van der Waals surface area contributed by atoms with Crippen LogP contribution in [0.2, 0.25) is 5.02 Å². The molecule has 0 fully saturated rings. The van der Waals surface area contributed by atoms with Crippen molar-refractivity contribution in [3.8, 4) is 11.5 Å². The molecule has 0 aliphatic heterocycles. The van der Waals surface area contributed by atoms with Crippen molar-refractivity contribution >= 4 is 17.3 Å². The van der Waals surface area contributed by atoms with Crippen molar-refractivity contribution in [3.63, 3.8) is 0 Å². The minimum atomic E-state index is -0.276. The van der Waals surface area contributed by atoms with E-state index in [0.29, 0.717) is 29.7 Å². The van der Waals surface area contributed by atoms with Crippen LogP contribution in [-0.2, 0) is 13.2 Å². The number of hydrogen-bond donors (Lipinski definition) is 1. The van der Waals surface area contributed by atoms with Gasteiger partial charge in [0.05, 0.1) is 11.6 Å². The molecule has 3 nitrogen and oxygen atoms in total. The van der Waals surface area contributed by atoms with Crippen LogP contribution in [0.5, 0.6) is 11.5 Å². The molecule has 0 amide bonds. The van der Waals surface area contributed by atoms with Crippen LogP contribution < -0.4 is 14.8 Å². The standard InChI is InChI=1S/C24H25ClFNO2/c1-4-28-23-13-19(14-27-21-10-5-16(2)17(3)11-21)12-22(25)24(23)29-15-18-6-8-20(26)9-7-18/h5-13,27H,4,14-15H2,1-3H3. The Hall–Kier alpha value is -2.72. The highest BCUT2D eigenvalue weighted by Crippen LogP contribution is 2.37. The van der Waals surface area contributed by atoms with Gasteiger partial charge in [0.25, 0.3) is 0 Å². The largest absolute Gasteiger partial charge is 0.490 e. The van der Waals surface area contributed by atoms with Gasteiger partial charge in [-0.25, -0.2) is 4.39 Å². The topological polar surface area (TPSA) is 30.5 Å². The second-order valence-corrected chi connectivity index (χ2v) is 7.31. The lowest BCUT2D eigenvalue weighted by Crippen LogP contribution is -2.04. The molecule has 5 heteroatoms. The Labute approximate surface area is 176 Å². The molecular weight excluding hydrogens is 389 g/mol. The fraction of sp³-hybridized carbons (Fsp3) is 0.250. The maximum Gasteiger partial charge on any atom is 0.180 e. The number of rotatable bonds is 8. The third-order valence-electron chi connectivity index (χ3n) is 4.67. The molecule has 0 saturated carbocycles. The van der Waals surface area contributed by atoms with Gasteiger partial charge in [-0.05, 0) is 79.4 Å². The van der Waals surface area contributed by atoms with Crippen molar-refractivity contribution < 1.29 is 13.9 Å². The minimum absolute atomic E-state index is 0.276. The summed E-state index contributed by atoms with van der Waals surface area (Å²) < 4.78 is 24.7. The van der Waals surface area contributed by atoms with Gasteiger partial charge in [0.2, 0.25) is 0 Å². The molecule has 0 atom stereocenters. The van der Waals surface area contributed by atoms with E-state index in [0.717, 1.165) is 16.8 Å². The van der Waals surface area contributed by atoms with Crippen molar-refractivity contribution in [1.82, 2.24) is 0 Å². The minimum Gasteiger partial charge on any atom is -0.490 e. The van der Waals surface area contributed by atoms with E-state index in [4.69, 9.17) is 21.1 Å². The summed E-state index contributed by atoms with van der Waals surface area (Å²) >= 11 is 6.50. The normalized spacial score (nSPS) is 10.7. The summed E-state index contributed by atoms with van der Waals surface area (Å²) in [4.78, 5) is 0. The lowest BCUT2D eigenvalue weighted by molar-refractivity contribution is 0.269. The first-order valence-corrected chi connectivity index (χ1v) is 9.97. The van der Waals surface area contributed by atoms with Crippen molar-refractivity contribution in [2.75, 3.05) is 11.9 Å². The Morgan fingerprint density at radius 1 is 0.897 bits per heavy atom. The molecule has 3 aromatic carbocycles. The molecule has 0 bridgehead atoms. The molecule has 29 heavy (non-hydrogen) atoms. The zero-order valence-electron chi connectivity index (χ0n) is 16.9. The summed E-state index contributed by atoms with van der Waals surface area (Å²) in [6, 6.07) is 16.3. The zero-order valence-corrected chi connectivity index (χ0v) is 17.6. The Kier molecular flexibility index (Phi) is 6.99.